The molecule has 20 heavy (non-hydrogen) atoms. The number of carboxylic acids is 3. The molecule has 0 radical (unpaired) electrons. The molecular formula is C11H7N3O6. The van der Waals surface area contributed by atoms with Gasteiger partial charge in [0.15, 0.2) is 5.69 Å². The highest BCUT2D eigenvalue weighted by atomic mass is 16.4. The maximum absolute atomic E-state index is 10.9. The highest BCUT2D eigenvalue weighted by Gasteiger charge is 2.15. The Morgan fingerprint density at radius 2 is 1.45 bits per heavy atom. The quantitative estimate of drug-likeness (QED) is 0.726. The van der Waals surface area contributed by atoms with Gasteiger partial charge in [-0.2, -0.15) is 0 Å². The summed E-state index contributed by atoms with van der Waals surface area (Å²) in [7, 11) is 0. The number of carbonyl (C=O) groups is 3. The Hall–Kier alpha value is -3.23. The van der Waals surface area contributed by atoms with Gasteiger partial charge < -0.3 is 15.3 Å². The summed E-state index contributed by atoms with van der Waals surface area (Å²) in [5.41, 5.74) is -0.774. The largest absolute Gasteiger partial charge is 0.478 e. The first-order valence-electron chi connectivity index (χ1n) is 5.16. The summed E-state index contributed by atoms with van der Waals surface area (Å²) in [5, 5.41) is 33.4. The zero-order valence-electron chi connectivity index (χ0n) is 9.72. The Labute approximate surface area is 110 Å². The summed E-state index contributed by atoms with van der Waals surface area (Å²) in [6.45, 7) is 0. The van der Waals surface area contributed by atoms with E-state index in [2.05, 4.69) is 10.3 Å². The first-order chi connectivity index (χ1) is 9.38. The lowest BCUT2D eigenvalue weighted by Crippen LogP contribution is -2.06. The second kappa shape index (κ2) is 4.80. The highest BCUT2D eigenvalue weighted by molar-refractivity contribution is 5.94. The van der Waals surface area contributed by atoms with Crippen molar-refractivity contribution < 1.29 is 29.7 Å². The third kappa shape index (κ3) is 2.46. The van der Waals surface area contributed by atoms with Gasteiger partial charge in [-0.25, -0.2) is 19.1 Å². The Balaban J connectivity index is 2.57. The number of aromatic carboxylic acids is 3. The van der Waals surface area contributed by atoms with Gasteiger partial charge in [-0.05, 0) is 18.2 Å². The third-order valence-corrected chi connectivity index (χ3v) is 2.39. The zero-order valence-corrected chi connectivity index (χ0v) is 9.72. The fourth-order valence-electron chi connectivity index (χ4n) is 1.48. The lowest BCUT2D eigenvalue weighted by molar-refractivity contribution is 0.0678. The van der Waals surface area contributed by atoms with Crippen LogP contribution in [0.2, 0.25) is 0 Å². The molecule has 0 aliphatic carbocycles. The molecule has 0 aliphatic rings. The minimum absolute atomic E-state index is 0.0855. The van der Waals surface area contributed by atoms with Gasteiger partial charge in [0.2, 0.25) is 0 Å². The minimum atomic E-state index is -1.31. The fraction of sp³-hybridized carbons (Fsp3) is 0. The summed E-state index contributed by atoms with van der Waals surface area (Å²) < 4.78 is 0.988. The Kier molecular flexibility index (Phi) is 3.17. The summed E-state index contributed by atoms with van der Waals surface area (Å²) in [6, 6.07) is 3.31. The SMILES string of the molecule is O=C(O)c1cc(C(=O)O)cc(-n2cc(C(=O)O)nn2)c1. The van der Waals surface area contributed by atoms with Gasteiger partial charge in [-0.1, -0.05) is 5.21 Å². The highest BCUT2D eigenvalue weighted by Crippen LogP contribution is 2.14. The van der Waals surface area contributed by atoms with Crippen molar-refractivity contribution in [1.29, 1.82) is 0 Å². The van der Waals surface area contributed by atoms with Crippen LogP contribution >= 0.6 is 0 Å². The number of benzene rings is 1. The lowest BCUT2D eigenvalue weighted by Gasteiger charge is -2.04. The summed E-state index contributed by atoms with van der Waals surface area (Å²) in [4.78, 5) is 32.6. The predicted octanol–water partition coefficient (Wildman–Crippen LogP) is 0.362. The molecular weight excluding hydrogens is 270 g/mol. The molecule has 9 heteroatoms. The van der Waals surface area contributed by atoms with Crippen LogP contribution in [0.5, 0.6) is 0 Å². The van der Waals surface area contributed by atoms with E-state index in [1.54, 1.807) is 0 Å². The van der Waals surface area contributed by atoms with Crippen molar-refractivity contribution in [3.63, 3.8) is 0 Å². The number of nitrogens with zero attached hydrogens (tertiary/aromatic N) is 3. The number of rotatable bonds is 4. The van der Waals surface area contributed by atoms with Crippen molar-refractivity contribution in [1.82, 2.24) is 15.0 Å². The molecule has 0 saturated heterocycles. The molecule has 0 spiro atoms. The van der Waals surface area contributed by atoms with Gasteiger partial charge in [-0.15, -0.1) is 5.10 Å². The Morgan fingerprint density at radius 1 is 0.900 bits per heavy atom. The molecule has 0 amide bonds. The van der Waals surface area contributed by atoms with Crippen LogP contribution in [0, 0.1) is 0 Å². The van der Waals surface area contributed by atoms with E-state index in [4.69, 9.17) is 15.3 Å². The fourth-order valence-corrected chi connectivity index (χ4v) is 1.48. The zero-order chi connectivity index (χ0) is 14.9. The molecule has 9 nitrogen and oxygen atoms in total. The van der Waals surface area contributed by atoms with E-state index in [0.717, 1.165) is 29.1 Å². The van der Waals surface area contributed by atoms with E-state index in [9.17, 15) is 14.4 Å². The van der Waals surface area contributed by atoms with E-state index in [-0.39, 0.29) is 22.5 Å². The van der Waals surface area contributed by atoms with Gasteiger partial charge in [0.05, 0.1) is 23.0 Å². The van der Waals surface area contributed by atoms with Gasteiger partial charge in [0.1, 0.15) is 0 Å². The smallest absolute Gasteiger partial charge is 0.358 e. The average Bonchev–Trinajstić information content (AvgIpc) is 2.87. The van der Waals surface area contributed by atoms with Crippen LogP contribution in [0.25, 0.3) is 5.69 Å². The standard InChI is InChI=1S/C11H7N3O6/c15-9(16)5-1-6(10(17)18)3-7(2-5)14-4-8(11(19)20)12-13-14/h1-4H,(H,15,16)(H,17,18)(H,19,20). The van der Waals surface area contributed by atoms with Crippen molar-refractivity contribution in [2.75, 3.05) is 0 Å². The van der Waals surface area contributed by atoms with E-state index in [0.29, 0.717) is 0 Å². The second-order valence-electron chi connectivity index (χ2n) is 3.73. The Morgan fingerprint density at radius 3 is 1.85 bits per heavy atom. The molecule has 1 aromatic carbocycles. The van der Waals surface area contributed by atoms with Crippen LogP contribution in [-0.2, 0) is 0 Å². The van der Waals surface area contributed by atoms with Gasteiger partial charge in [-0.3, -0.25) is 0 Å². The molecule has 0 fully saturated rings. The topological polar surface area (TPSA) is 143 Å². The van der Waals surface area contributed by atoms with Crippen molar-refractivity contribution in [2.45, 2.75) is 0 Å². The van der Waals surface area contributed by atoms with E-state index < -0.39 is 17.9 Å². The van der Waals surface area contributed by atoms with E-state index in [1.807, 2.05) is 0 Å². The normalized spacial score (nSPS) is 10.2. The second-order valence-corrected chi connectivity index (χ2v) is 3.73. The van der Waals surface area contributed by atoms with Gasteiger partial charge >= 0.3 is 17.9 Å². The van der Waals surface area contributed by atoms with Crippen LogP contribution < -0.4 is 0 Å². The minimum Gasteiger partial charge on any atom is -0.478 e. The van der Waals surface area contributed by atoms with Crippen LogP contribution in [0.3, 0.4) is 0 Å². The molecule has 0 saturated carbocycles. The molecule has 0 aliphatic heterocycles. The number of hydrogen-bond acceptors (Lipinski definition) is 5. The molecule has 0 atom stereocenters. The molecule has 102 valence electrons. The van der Waals surface area contributed by atoms with E-state index >= 15 is 0 Å². The van der Waals surface area contributed by atoms with Crippen LogP contribution in [-0.4, -0.2) is 48.2 Å². The van der Waals surface area contributed by atoms with Crippen LogP contribution in [0.1, 0.15) is 31.2 Å². The van der Waals surface area contributed by atoms with Crippen LogP contribution in [0.15, 0.2) is 24.4 Å². The monoisotopic (exact) mass is 277 g/mol. The molecule has 3 N–H and O–H groups in total. The number of carboxylic acid groups (broad SMARTS) is 3. The molecule has 2 rings (SSSR count). The maximum Gasteiger partial charge on any atom is 0.358 e. The van der Waals surface area contributed by atoms with Crippen molar-refractivity contribution >= 4 is 17.9 Å². The molecule has 2 aromatic rings. The lowest BCUT2D eigenvalue weighted by atomic mass is 10.1. The summed E-state index contributed by atoms with van der Waals surface area (Å²) >= 11 is 0. The van der Waals surface area contributed by atoms with Gasteiger partial charge in [0.25, 0.3) is 0 Å². The first kappa shape index (κ1) is 13.2. The predicted molar refractivity (Wildman–Crippen MR) is 62.2 cm³/mol. The van der Waals surface area contributed by atoms with Crippen LogP contribution in [0.4, 0.5) is 0 Å². The van der Waals surface area contributed by atoms with E-state index in [1.165, 1.54) is 0 Å². The number of aromatic nitrogens is 3. The molecule has 1 aromatic heterocycles. The van der Waals surface area contributed by atoms with Crippen molar-refractivity contribution in [2.24, 2.45) is 0 Å². The Bertz CT molecular complexity index is 688. The molecule has 1 heterocycles. The number of hydrogen-bond donors (Lipinski definition) is 3. The average molecular weight is 277 g/mol. The first-order valence-corrected chi connectivity index (χ1v) is 5.16. The molecule has 0 unspecified atom stereocenters. The molecule has 0 bridgehead atoms. The summed E-state index contributed by atoms with van der Waals surface area (Å²) in [6.07, 6.45) is 1.05. The van der Waals surface area contributed by atoms with Crippen molar-refractivity contribution in [3.8, 4) is 5.69 Å². The van der Waals surface area contributed by atoms with Gasteiger partial charge in [0, 0.05) is 0 Å². The third-order valence-electron chi connectivity index (χ3n) is 2.39. The summed E-state index contributed by atoms with van der Waals surface area (Å²) in [5.74, 6) is -3.93. The van der Waals surface area contributed by atoms with Crippen molar-refractivity contribution in [3.05, 3.63) is 41.2 Å². The maximum atomic E-state index is 10.9.